The van der Waals surface area contributed by atoms with Crippen LogP contribution in [-0.4, -0.2) is 15.7 Å². The van der Waals surface area contributed by atoms with Crippen LogP contribution in [0.1, 0.15) is 29.4 Å². The van der Waals surface area contributed by atoms with Gasteiger partial charge in [0.05, 0.1) is 12.1 Å². The van der Waals surface area contributed by atoms with E-state index in [1.54, 1.807) is 0 Å². The fourth-order valence-corrected chi connectivity index (χ4v) is 2.60. The summed E-state index contributed by atoms with van der Waals surface area (Å²) in [7, 11) is 0. The average Bonchev–Trinajstić information content (AvgIpc) is 2.74. The third-order valence-corrected chi connectivity index (χ3v) is 4.10. The monoisotopic (exact) mass is 349 g/mol. The van der Waals surface area contributed by atoms with Gasteiger partial charge in [-0.05, 0) is 38.5 Å². The number of carbonyl (C=O) groups excluding carboxylic acids is 1. The van der Waals surface area contributed by atoms with Crippen molar-refractivity contribution in [1.29, 1.82) is 0 Å². The van der Waals surface area contributed by atoms with Crippen molar-refractivity contribution in [2.45, 2.75) is 40.3 Å². The van der Waals surface area contributed by atoms with E-state index in [1.807, 2.05) is 42.8 Å². The molecule has 0 saturated heterocycles. The van der Waals surface area contributed by atoms with Crippen molar-refractivity contribution in [3.63, 3.8) is 0 Å². The molecule has 0 bridgehead atoms. The van der Waals surface area contributed by atoms with E-state index in [1.165, 1.54) is 0 Å². The molecule has 1 amide bonds. The lowest BCUT2D eigenvalue weighted by molar-refractivity contribution is -0.120. The summed E-state index contributed by atoms with van der Waals surface area (Å²) in [5.41, 5.74) is 4.23. The maximum Gasteiger partial charge on any atom is 0.224 e. The van der Waals surface area contributed by atoms with Gasteiger partial charge in [-0.1, -0.05) is 28.1 Å². The lowest BCUT2D eigenvalue weighted by Crippen LogP contribution is -2.25. The number of rotatable bonds is 5. The first-order valence-electron chi connectivity index (χ1n) is 7.05. The Morgan fingerprint density at radius 2 is 1.95 bits per heavy atom. The maximum atomic E-state index is 12.0. The standard InChI is InChI=1S/C16H20BrN3O/c1-4-20-12(3)15(11(2)19-20)10-18-16(21)9-13-5-7-14(17)8-6-13/h5-8H,4,9-10H2,1-3H3,(H,18,21). The molecule has 1 heterocycles. The van der Waals surface area contributed by atoms with Gasteiger partial charge in [0.1, 0.15) is 0 Å². The van der Waals surface area contributed by atoms with E-state index in [4.69, 9.17) is 0 Å². The molecule has 0 fully saturated rings. The average molecular weight is 350 g/mol. The number of hydrogen-bond donors (Lipinski definition) is 1. The van der Waals surface area contributed by atoms with Crippen molar-refractivity contribution in [2.75, 3.05) is 0 Å². The molecular formula is C16H20BrN3O. The molecule has 0 radical (unpaired) electrons. The van der Waals surface area contributed by atoms with Crippen LogP contribution in [0.4, 0.5) is 0 Å². The zero-order valence-electron chi connectivity index (χ0n) is 12.6. The van der Waals surface area contributed by atoms with Crippen LogP contribution in [0.25, 0.3) is 0 Å². The minimum absolute atomic E-state index is 0.0281. The van der Waals surface area contributed by atoms with Crippen molar-refractivity contribution in [2.24, 2.45) is 0 Å². The molecule has 4 nitrogen and oxygen atoms in total. The Balaban J connectivity index is 1.95. The molecule has 0 aliphatic rings. The number of nitrogens with zero attached hydrogens (tertiary/aromatic N) is 2. The van der Waals surface area contributed by atoms with Gasteiger partial charge in [0.2, 0.25) is 5.91 Å². The highest BCUT2D eigenvalue weighted by Gasteiger charge is 2.11. The Morgan fingerprint density at radius 3 is 2.52 bits per heavy atom. The summed E-state index contributed by atoms with van der Waals surface area (Å²) in [6.45, 7) is 7.47. The van der Waals surface area contributed by atoms with Crippen molar-refractivity contribution < 1.29 is 4.79 Å². The highest BCUT2D eigenvalue weighted by atomic mass is 79.9. The number of halogens is 1. The summed E-state index contributed by atoms with van der Waals surface area (Å²) in [4.78, 5) is 12.0. The normalized spacial score (nSPS) is 10.7. The molecule has 1 aromatic heterocycles. The van der Waals surface area contributed by atoms with E-state index < -0.39 is 0 Å². The number of aromatic nitrogens is 2. The van der Waals surface area contributed by atoms with Gasteiger partial charge in [-0.2, -0.15) is 5.10 Å². The second kappa shape index (κ2) is 6.89. The molecule has 2 aromatic rings. The Morgan fingerprint density at radius 1 is 1.29 bits per heavy atom. The smallest absolute Gasteiger partial charge is 0.224 e. The van der Waals surface area contributed by atoms with Crippen molar-refractivity contribution in [3.8, 4) is 0 Å². The number of benzene rings is 1. The highest BCUT2D eigenvalue weighted by molar-refractivity contribution is 9.10. The summed E-state index contributed by atoms with van der Waals surface area (Å²) < 4.78 is 2.98. The maximum absolute atomic E-state index is 12.0. The summed E-state index contributed by atoms with van der Waals surface area (Å²) in [5.74, 6) is 0.0281. The van der Waals surface area contributed by atoms with Gasteiger partial charge in [-0.3, -0.25) is 9.48 Å². The van der Waals surface area contributed by atoms with Crippen LogP contribution < -0.4 is 5.32 Å². The number of nitrogens with one attached hydrogen (secondary N) is 1. The number of hydrogen-bond acceptors (Lipinski definition) is 2. The fourth-order valence-electron chi connectivity index (χ4n) is 2.33. The first kappa shape index (κ1) is 15.8. The van der Waals surface area contributed by atoms with E-state index in [0.717, 1.165) is 33.5 Å². The molecule has 5 heteroatoms. The molecule has 0 saturated carbocycles. The number of carbonyl (C=O) groups is 1. The minimum Gasteiger partial charge on any atom is -0.352 e. The van der Waals surface area contributed by atoms with E-state index in [0.29, 0.717) is 13.0 Å². The van der Waals surface area contributed by atoms with Gasteiger partial charge < -0.3 is 5.32 Å². The van der Waals surface area contributed by atoms with Gasteiger partial charge in [0.25, 0.3) is 0 Å². The van der Waals surface area contributed by atoms with Crippen LogP contribution >= 0.6 is 15.9 Å². The molecule has 0 unspecified atom stereocenters. The molecule has 0 aliphatic carbocycles. The van der Waals surface area contributed by atoms with Crippen LogP contribution in [0.15, 0.2) is 28.7 Å². The third kappa shape index (κ3) is 3.94. The summed E-state index contributed by atoms with van der Waals surface area (Å²) >= 11 is 3.39. The van der Waals surface area contributed by atoms with E-state index in [-0.39, 0.29) is 5.91 Å². The molecule has 0 atom stereocenters. The summed E-state index contributed by atoms with van der Waals surface area (Å²) in [6.07, 6.45) is 0.396. The van der Waals surface area contributed by atoms with Gasteiger partial charge in [-0.25, -0.2) is 0 Å². The lowest BCUT2D eigenvalue weighted by Gasteiger charge is -2.06. The summed E-state index contributed by atoms with van der Waals surface area (Å²) in [5, 5.41) is 7.44. The fraction of sp³-hybridized carbons (Fsp3) is 0.375. The highest BCUT2D eigenvalue weighted by Crippen LogP contribution is 2.13. The molecule has 0 aliphatic heterocycles. The molecule has 21 heavy (non-hydrogen) atoms. The lowest BCUT2D eigenvalue weighted by atomic mass is 10.1. The Bertz CT molecular complexity index is 632. The van der Waals surface area contributed by atoms with E-state index in [2.05, 4.69) is 33.3 Å². The largest absolute Gasteiger partial charge is 0.352 e. The zero-order chi connectivity index (χ0) is 15.4. The van der Waals surface area contributed by atoms with Gasteiger partial charge in [-0.15, -0.1) is 0 Å². The van der Waals surface area contributed by atoms with Gasteiger partial charge in [0.15, 0.2) is 0 Å². The van der Waals surface area contributed by atoms with Crippen molar-refractivity contribution >= 4 is 21.8 Å². The minimum atomic E-state index is 0.0281. The van der Waals surface area contributed by atoms with E-state index >= 15 is 0 Å². The van der Waals surface area contributed by atoms with Crippen LogP contribution in [0.2, 0.25) is 0 Å². The quantitative estimate of drug-likeness (QED) is 0.901. The molecule has 112 valence electrons. The van der Waals surface area contributed by atoms with Gasteiger partial charge >= 0.3 is 0 Å². The van der Waals surface area contributed by atoms with Crippen molar-refractivity contribution in [3.05, 3.63) is 51.3 Å². The Hall–Kier alpha value is -1.62. The molecule has 1 N–H and O–H groups in total. The topological polar surface area (TPSA) is 46.9 Å². The van der Waals surface area contributed by atoms with Crippen LogP contribution in [0, 0.1) is 13.8 Å². The van der Waals surface area contributed by atoms with Crippen LogP contribution in [0.3, 0.4) is 0 Å². The van der Waals surface area contributed by atoms with Crippen LogP contribution in [-0.2, 0) is 24.3 Å². The SMILES string of the molecule is CCn1nc(C)c(CNC(=O)Cc2ccc(Br)cc2)c1C. The van der Waals surface area contributed by atoms with Crippen LogP contribution in [0.5, 0.6) is 0 Å². The van der Waals surface area contributed by atoms with Gasteiger partial charge in [0, 0.05) is 28.8 Å². The molecular weight excluding hydrogens is 330 g/mol. The first-order chi connectivity index (χ1) is 10.0. The molecule has 0 spiro atoms. The first-order valence-corrected chi connectivity index (χ1v) is 7.84. The molecule has 2 rings (SSSR count). The summed E-state index contributed by atoms with van der Waals surface area (Å²) in [6, 6.07) is 7.80. The Kier molecular flexibility index (Phi) is 5.17. The zero-order valence-corrected chi connectivity index (χ0v) is 14.2. The number of aryl methyl sites for hydroxylation is 2. The third-order valence-electron chi connectivity index (χ3n) is 3.57. The second-order valence-electron chi connectivity index (χ2n) is 5.05. The van der Waals surface area contributed by atoms with Crippen molar-refractivity contribution in [1.82, 2.24) is 15.1 Å². The predicted molar refractivity (Wildman–Crippen MR) is 87.1 cm³/mol. The van der Waals surface area contributed by atoms with E-state index in [9.17, 15) is 4.79 Å². The number of amides is 1. The predicted octanol–water partition coefficient (Wildman–Crippen LogP) is 3.14. The molecule has 1 aromatic carbocycles. The second-order valence-corrected chi connectivity index (χ2v) is 5.96. The Labute approximate surface area is 133 Å².